The van der Waals surface area contributed by atoms with Crippen LogP contribution in [0.5, 0.6) is 0 Å². The fourth-order valence-corrected chi connectivity index (χ4v) is 2.98. The van der Waals surface area contributed by atoms with Crippen molar-refractivity contribution in [2.75, 3.05) is 5.32 Å². The van der Waals surface area contributed by atoms with E-state index in [4.69, 9.17) is 0 Å². The van der Waals surface area contributed by atoms with Gasteiger partial charge in [-0.1, -0.05) is 74.3 Å². The molecule has 2 nitrogen and oxygen atoms in total. The van der Waals surface area contributed by atoms with Crippen LogP contribution in [-0.4, -0.2) is 10.7 Å². The fourth-order valence-electron chi connectivity index (χ4n) is 2.01. The molecule has 0 saturated carbocycles. The molecule has 21 heavy (non-hydrogen) atoms. The van der Waals surface area contributed by atoms with Crippen molar-refractivity contribution in [3.8, 4) is 0 Å². The number of hydrogen-bond donors (Lipinski definition) is 1. The predicted octanol–water partition coefficient (Wildman–Crippen LogP) is 5.14. The Morgan fingerprint density at radius 1 is 1.05 bits per heavy atom. The molecule has 0 heterocycles. The molecular weight excluding hydrogens is 394 g/mol. The van der Waals surface area contributed by atoms with Gasteiger partial charge in [0.15, 0.2) is 0 Å². The van der Waals surface area contributed by atoms with Gasteiger partial charge in [0, 0.05) is 5.69 Å². The molecule has 4 heteroatoms. The number of aryl methyl sites for hydroxylation is 2. The summed E-state index contributed by atoms with van der Waals surface area (Å²) in [7, 11) is 0. The van der Waals surface area contributed by atoms with E-state index in [9.17, 15) is 4.79 Å². The van der Waals surface area contributed by atoms with E-state index >= 15 is 0 Å². The van der Waals surface area contributed by atoms with Crippen LogP contribution in [0.4, 0.5) is 5.69 Å². The van der Waals surface area contributed by atoms with E-state index in [0.29, 0.717) is 0 Å². The van der Waals surface area contributed by atoms with E-state index in [1.807, 2.05) is 62.4 Å². The zero-order valence-corrected chi connectivity index (χ0v) is 15.1. The molecule has 0 aliphatic heterocycles. The van der Waals surface area contributed by atoms with Gasteiger partial charge in [-0.25, -0.2) is 0 Å². The Morgan fingerprint density at radius 2 is 1.71 bits per heavy atom. The number of nitrogens with one attached hydrogen (secondary N) is 1. The van der Waals surface area contributed by atoms with Crippen molar-refractivity contribution in [3.05, 3.63) is 65.2 Å². The molecule has 2 aromatic rings. The molecule has 0 bridgehead atoms. The average Bonchev–Trinajstić information content (AvgIpc) is 2.50. The fraction of sp³-hybridized carbons (Fsp3) is 0.235. The van der Waals surface area contributed by atoms with E-state index in [1.165, 1.54) is 0 Å². The van der Waals surface area contributed by atoms with Crippen molar-refractivity contribution >= 4 is 43.5 Å². The summed E-state index contributed by atoms with van der Waals surface area (Å²) >= 11 is 7.08. The zero-order valence-electron chi connectivity index (χ0n) is 11.9. The van der Waals surface area contributed by atoms with E-state index in [0.717, 1.165) is 22.4 Å². The van der Waals surface area contributed by atoms with Gasteiger partial charge >= 0.3 is 0 Å². The summed E-state index contributed by atoms with van der Waals surface area (Å²) in [4.78, 5) is 12.0. The van der Waals surface area contributed by atoms with Crippen LogP contribution in [0.2, 0.25) is 0 Å². The van der Waals surface area contributed by atoms with Crippen LogP contribution in [-0.2, 0) is 4.79 Å². The van der Waals surface area contributed by atoms with Gasteiger partial charge in [-0.3, -0.25) is 4.79 Å². The molecule has 0 aliphatic carbocycles. The minimum absolute atomic E-state index is 0.0607. The van der Waals surface area contributed by atoms with Crippen LogP contribution >= 0.6 is 31.9 Å². The van der Waals surface area contributed by atoms with Crippen LogP contribution in [0.15, 0.2) is 48.5 Å². The first-order valence-corrected chi connectivity index (χ1v) is 8.53. The van der Waals surface area contributed by atoms with Crippen LogP contribution in [0.1, 0.15) is 21.5 Å². The smallest absolute Gasteiger partial charge is 0.239 e. The molecular formula is C17H17Br2NO. The lowest BCUT2D eigenvalue weighted by Crippen LogP contribution is -2.26. The van der Waals surface area contributed by atoms with Gasteiger partial charge in [0.25, 0.3) is 0 Å². The Labute approximate surface area is 142 Å². The number of amides is 1. The van der Waals surface area contributed by atoms with Gasteiger partial charge < -0.3 is 5.32 Å². The first-order valence-electron chi connectivity index (χ1n) is 6.70. The Morgan fingerprint density at radius 3 is 2.38 bits per heavy atom. The van der Waals surface area contributed by atoms with Crippen molar-refractivity contribution in [1.82, 2.24) is 0 Å². The Hall–Kier alpha value is -1.13. The maximum atomic E-state index is 12.4. The van der Waals surface area contributed by atoms with Crippen LogP contribution in [0.25, 0.3) is 0 Å². The van der Waals surface area contributed by atoms with Crippen molar-refractivity contribution in [2.45, 2.75) is 23.5 Å². The summed E-state index contributed by atoms with van der Waals surface area (Å²) in [5.74, 6) is -0.0607. The van der Waals surface area contributed by atoms with Crippen LogP contribution in [0, 0.1) is 13.8 Å². The third kappa shape index (κ3) is 4.17. The number of hydrogen-bond acceptors (Lipinski definition) is 1. The largest absolute Gasteiger partial charge is 0.325 e. The molecule has 2 atom stereocenters. The molecule has 0 aromatic heterocycles. The highest BCUT2D eigenvalue weighted by Gasteiger charge is 2.25. The van der Waals surface area contributed by atoms with E-state index < -0.39 is 0 Å². The lowest BCUT2D eigenvalue weighted by Gasteiger charge is -2.18. The van der Waals surface area contributed by atoms with Crippen molar-refractivity contribution in [1.29, 1.82) is 0 Å². The summed E-state index contributed by atoms with van der Waals surface area (Å²) in [6, 6.07) is 15.9. The highest BCUT2D eigenvalue weighted by molar-refractivity contribution is 9.12. The van der Waals surface area contributed by atoms with Gasteiger partial charge in [-0.15, -0.1) is 0 Å². The van der Waals surface area contributed by atoms with E-state index in [-0.39, 0.29) is 15.6 Å². The molecule has 0 aliphatic rings. The van der Waals surface area contributed by atoms with Crippen molar-refractivity contribution in [3.63, 3.8) is 0 Å². The number of benzene rings is 2. The number of rotatable bonds is 4. The normalized spacial score (nSPS) is 13.5. The maximum absolute atomic E-state index is 12.4. The number of anilines is 1. The Bertz CT molecular complexity index is 628. The topological polar surface area (TPSA) is 29.1 Å². The Balaban J connectivity index is 2.11. The lowest BCUT2D eigenvalue weighted by molar-refractivity contribution is -0.115. The van der Waals surface area contributed by atoms with E-state index in [1.54, 1.807) is 0 Å². The second kappa shape index (κ2) is 7.23. The van der Waals surface area contributed by atoms with Gasteiger partial charge in [-0.05, 0) is 36.6 Å². The van der Waals surface area contributed by atoms with E-state index in [2.05, 4.69) is 37.2 Å². The predicted molar refractivity (Wildman–Crippen MR) is 95.4 cm³/mol. The number of alkyl halides is 2. The average molecular weight is 411 g/mol. The summed E-state index contributed by atoms with van der Waals surface area (Å²) in [5, 5.41) is 2.99. The second-order valence-electron chi connectivity index (χ2n) is 5.02. The molecule has 110 valence electrons. The number of carbonyl (C=O) groups excluding carboxylic acids is 1. The quantitative estimate of drug-likeness (QED) is 0.694. The monoisotopic (exact) mass is 409 g/mol. The summed E-state index contributed by atoms with van der Waals surface area (Å²) in [5.41, 5.74) is 4.10. The number of halogens is 2. The Kier molecular flexibility index (Phi) is 5.59. The van der Waals surface area contributed by atoms with Gasteiger partial charge in [0.05, 0.1) is 4.83 Å². The number of carbonyl (C=O) groups is 1. The highest BCUT2D eigenvalue weighted by Crippen LogP contribution is 2.32. The van der Waals surface area contributed by atoms with Crippen molar-refractivity contribution < 1.29 is 4.79 Å². The minimum Gasteiger partial charge on any atom is -0.325 e. The summed E-state index contributed by atoms with van der Waals surface area (Å²) in [6.45, 7) is 4.00. The second-order valence-corrected chi connectivity index (χ2v) is 6.99. The lowest BCUT2D eigenvalue weighted by atomic mass is 10.1. The first kappa shape index (κ1) is 16.2. The molecule has 0 spiro atoms. The maximum Gasteiger partial charge on any atom is 0.239 e. The molecule has 2 rings (SSSR count). The van der Waals surface area contributed by atoms with Crippen molar-refractivity contribution in [2.24, 2.45) is 0 Å². The molecule has 2 aromatic carbocycles. The third-order valence-electron chi connectivity index (χ3n) is 3.28. The summed E-state index contributed by atoms with van der Waals surface area (Å²) in [6.07, 6.45) is 0. The van der Waals surface area contributed by atoms with Crippen LogP contribution < -0.4 is 5.32 Å². The van der Waals surface area contributed by atoms with Gasteiger partial charge in [0.2, 0.25) is 5.91 Å². The molecule has 1 amide bonds. The minimum atomic E-state index is -0.347. The standard InChI is InChI=1S/C17H17Br2NO/c1-11-8-9-12(2)14(10-11)20-17(21)16(19)15(18)13-6-4-3-5-7-13/h3-10,15-16H,1-2H3,(H,20,21)/t15-,16+/m0/s1. The SMILES string of the molecule is Cc1ccc(C)c(NC(=O)[C@H](Br)[C@@H](Br)c2ccccc2)c1. The molecule has 1 N–H and O–H groups in total. The first-order chi connectivity index (χ1) is 9.99. The van der Waals surface area contributed by atoms with Gasteiger partial charge in [0.1, 0.15) is 4.83 Å². The molecule has 0 fully saturated rings. The third-order valence-corrected chi connectivity index (χ3v) is 5.99. The zero-order chi connectivity index (χ0) is 15.4. The summed E-state index contributed by atoms with van der Waals surface area (Å²) < 4.78 is 0. The highest BCUT2D eigenvalue weighted by atomic mass is 79.9. The van der Waals surface area contributed by atoms with Gasteiger partial charge in [-0.2, -0.15) is 0 Å². The molecule has 0 radical (unpaired) electrons. The molecule has 0 saturated heterocycles. The molecule has 0 unspecified atom stereocenters. The van der Waals surface area contributed by atoms with Crippen LogP contribution in [0.3, 0.4) is 0 Å².